The van der Waals surface area contributed by atoms with E-state index in [2.05, 4.69) is 4.98 Å². The quantitative estimate of drug-likeness (QED) is 0.662. The Balaban J connectivity index is 2.18. The minimum absolute atomic E-state index is 0.186. The van der Waals surface area contributed by atoms with Crippen LogP contribution < -0.4 is 0 Å². The van der Waals surface area contributed by atoms with E-state index in [1.165, 1.54) is 6.07 Å². The summed E-state index contributed by atoms with van der Waals surface area (Å²) in [6.45, 7) is 1.45. The smallest absolute Gasteiger partial charge is 0.144 e. The molecule has 0 spiro atoms. The van der Waals surface area contributed by atoms with E-state index in [1.807, 2.05) is 0 Å². The topological polar surface area (TPSA) is 22.1 Å². The van der Waals surface area contributed by atoms with Crippen molar-refractivity contribution in [1.29, 1.82) is 0 Å². The van der Waals surface area contributed by atoms with Crippen molar-refractivity contribution in [1.82, 2.24) is 4.98 Å². The lowest BCUT2D eigenvalue weighted by atomic mass is 9.96. The first-order valence-electron chi connectivity index (χ1n) is 4.56. The summed E-state index contributed by atoms with van der Waals surface area (Å²) in [5, 5.41) is 0. The van der Waals surface area contributed by atoms with E-state index in [1.54, 1.807) is 12.3 Å². The molecule has 0 amide bonds. The van der Waals surface area contributed by atoms with Gasteiger partial charge in [0.25, 0.3) is 0 Å². The zero-order valence-corrected chi connectivity index (χ0v) is 7.37. The molecule has 0 atom stereocenters. The molecule has 0 aromatic carbocycles. The van der Waals surface area contributed by atoms with Gasteiger partial charge in [0.15, 0.2) is 0 Å². The molecule has 2 heterocycles. The highest BCUT2D eigenvalue weighted by Crippen LogP contribution is 2.26. The van der Waals surface area contributed by atoms with Gasteiger partial charge in [-0.3, -0.25) is 4.98 Å². The molecule has 1 aliphatic rings. The number of pyridine rings is 1. The van der Waals surface area contributed by atoms with Crippen LogP contribution in [0.25, 0.3) is 0 Å². The maximum atomic E-state index is 13.3. The van der Waals surface area contributed by atoms with E-state index in [0.29, 0.717) is 5.69 Å². The predicted molar refractivity (Wildman–Crippen MR) is 47.0 cm³/mol. The molecule has 1 fully saturated rings. The lowest BCUT2D eigenvalue weighted by Gasteiger charge is -2.21. The zero-order chi connectivity index (χ0) is 9.10. The Bertz CT molecular complexity index is 284. The minimum atomic E-state index is -0.186. The highest BCUT2D eigenvalue weighted by Gasteiger charge is 2.19. The third-order valence-corrected chi connectivity index (χ3v) is 2.39. The Hall–Kier alpha value is -0.960. The summed E-state index contributed by atoms with van der Waals surface area (Å²) in [7, 11) is 0. The van der Waals surface area contributed by atoms with Crippen LogP contribution in [0.4, 0.5) is 4.39 Å². The molecule has 1 aliphatic heterocycles. The van der Waals surface area contributed by atoms with Gasteiger partial charge in [0, 0.05) is 25.3 Å². The van der Waals surface area contributed by atoms with Crippen LogP contribution >= 0.6 is 0 Å². The monoisotopic (exact) mass is 181 g/mol. The largest absolute Gasteiger partial charge is 0.381 e. The Kier molecular flexibility index (Phi) is 2.54. The second kappa shape index (κ2) is 3.83. The molecule has 0 N–H and O–H groups in total. The number of aromatic nitrogens is 1. The minimum Gasteiger partial charge on any atom is -0.381 e. The van der Waals surface area contributed by atoms with Crippen molar-refractivity contribution < 1.29 is 9.13 Å². The van der Waals surface area contributed by atoms with Crippen LogP contribution in [0.5, 0.6) is 0 Å². The Morgan fingerprint density at radius 3 is 2.85 bits per heavy atom. The third kappa shape index (κ3) is 1.86. The SMILES string of the molecule is Fc1cccnc1C1CCOCC1. The maximum absolute atomic E-state index is 13.3. The zero-order valence-electron chi connectivity index (χ0n) is 7.37. The van der Waals surface area contributed by atoms with E-state index >= 15 is 0 Å². The Labute approximate surface area is 76.7 Å². The summed E-state index contributed by atoms with van der Waals surface area (Å²) in [5.41, 5.74) is 0.603. The number of hydrogen-bond donors (Lipinski definition) is 0. The second-order valence-electron chi connectivity index (χ2n) is 3.26. The van der Waals surface area contributed by atoms with Crippen molar-refractivity contribution in [2.24, 2.45) is 0 Å². The van der Waals surface area contributed by atoms with Crippen molar-refractivity contribution in [2.75, 3.05) is 13.2 Å². The first kappa shape index (κ1) is 8.63. The molecule has 0 unspecified atom stereocenters. The first-order valence-corrected chi connectivity index (χ1v) is 4.56. The van der Waals surface area contributed by atoms with Crippen molar-refractivity contribution in [2.45, 2.75) is 18.8 Å². The molecule has 70 valence electrons. The van der Waals surface area contributed by atoms with Crippen LogP contribution in [-0.2, 0) is 4.74 Å². The standard InChI is InChI=1S/C10H12FNO/c11-9-2-1-5-12-10(9)8-3-6-13-7-4-8/h1-2,5,8H,3-4,6-7H2. The molecule has 1 aromatic rings. The average Bonchev–Trinajstić information content (AvgIpc) is 2.20. The summed E-state index contributed by atoms with van der Waals surface area (Å²) in [6, 6.07) is 3.09. The fourth-order valence-corrected chi connectivity index (χ4v) is 1.67. The molecule has 0 aliphatic carbocycles. The number of halogens is 1. The molecule has 2 nitrogen and oxygen atoms in total. The first-order chi connectivity index (χ1) is 6.38. The maximum Gasteiger partial charge on any atom is 0.144 e. The second-order valence-corrected chi connectivity index (χ2v) is 3.26. The van der Waals surface area contributed by atoms with Crippen molar-refractivity contribution in [3.63, 3.8) is 0 Å². The number of rotatable bonds is 1. The van der Waals surface area contributed by atoms with Gasteiger partial charge in [0.2, 0.25) is 0 Å². The highest BCUT2D eigenvalue weighted by molar-refractivity contribution is 5.12. The van der Waals surface area contributed by atoms with Gasteiger partial charge in [0.05, 0.1) is 5.69 Å². The highest BCUT2D eigenvalue weighted by atomic mass is 19.1. The van der Waals surface area contributed by atoms with Gasteiger partial charge in [-0.05, 0) is 25.0 Å². The predicted octanol–water partition coefficient (Wildman–Crippen LogP) is 2.11. The van der Waals surface area contributed by atoms with Crippen LogP contribution in [0.2, 0.25) is 0 Å². The van der Waals surface area contributed by atoms with Gasteiger partial charge in [0.1, 0.15) is 5.82 Å². The van der Waals surface area contributed by atoms with Crippen LogP contribution in [0.3, 0.4) is 0 Å². The van der Waals surface area contributed by atoms with Gasteiger partial charge < -0.3 is 4.74 Å². The molecular weight excluding hydrogens is 169 g/mol. The fourth-order valence-electron chi connectivity index (χ4n) is 1.67. The number of hydrogen-bond acceptors (Lipinski definition) is 2. The number of ether oxygens (including phenoxy) is 1. The molecule has 2 rings (SSSR count). The van der Waals surface area contributed by atoms with Gasteiger partial charge >= 0.3 is 0 Å². The molecule has 0 radical (unpaired) electrons. The van der Waals surface area contributed by atoms with E-state index in [9.17, 15) is 4.39 Å². The molecular formula is C10H12FNO. The van der Waals surface area contributed by atoms with Crippen LogP contribution in [-0.4, -0.2) is 18.2 Å². The molecule has 1 aromatic heterocycles. The molecule has 3 heteroatoms. The van der Waals surface area contributed by atoms with Gasteiger partial charge in [-0.25, -0.2) is 4.39 Å². The lowest BCUT2D eigenvalue weighted by Crippen LogP contribution is -2.16. The van der Waals surface area contributed by atoms with E-state index in [0.717, 1.165) is 26.1 Å². The summed E-state index contributed by atoms with van der Waals surface area (Å²) in [4.78, 5) is 4.07. The van der Waals surface area contributed by atoms with Crippen LogP contribution in [0.15, 0.2) is 18.3 Å². The van der Waals surface area contributed by atoms with E-state index < -0.39 is 0 Å². The Morgan fingerprint density at radius 1 is 1.38 bits per heavy atom. The van der Waals surface area contributed by atoms with E-state index in [-0.39, 0.29) is 11.7 Å². The Morgan fingerprint density at radius 2 is 2.15 bits per heavy atom. The van der Waals surface area contributed by atoms with Crippen molar-refractivity contribution in [3.05, 3.63) is 29.8 Å². The van der Waals surface area contributed by atoms with Gasteiger partial charge in [-0.1, -0.05) is 0 Å². The van der Waals surface area contributed by atoms with Crippen molar-refractivity contribution >= 4 is 0 Å². The normalized spacial score (nSPS) is 18.8. The van der Waals surface area contributed by atoms with Crippen LogP contribution in [0.1, 0.15) is 24.5 Å². The molecule has 0 bridgehead atoms. The van der Waals surface area contributed by atoms with E-state index in [4.69, 9.17) is 4.74 Å². The molecule has 0 saturated carbocycles. The number of nitrogens with zero attached hydrogens (tertiary/aromatic N) is 1. The summed E-state index contributed by atoms with van der Waals surface area (Å²) < 4.78 is 18.5. The average molecular weight is 181 g/mol. The molecule has 13 heavy (non-hydrogen) atoms. The molecule has 1 saturated heterocycles. The van der Waals surface area contributed by atoms with Crippen molar-refractivity contribution in [3.8, 4) is 0 Å². The van der Waals surface area contributed by atoms with Crippen LogP contribution in [0, 0.1) is 5.82 Å². The lowest BCUT2D eigenvalue weighted by molar-refractivity contribution is 0.0837. The third-order valence-electron chi connectivity index (χ3n) is 2.39. The summed E-state index contributed by atoms with van der Waals surface area (Å²) in [6.07, 6.45) is 3.41. The fraction of sp³-hybridized carbons (Fsp3) is 0.500. The van der Waals surface area contributed by atoms with Gasteiger partial charge in [-0.2, -0.15) is 0 Å². The summed E-state index contributed by atoms with van der Waals surface area (Å²) >= 11 is 0. The summed E-state index contributed by atoms with van der Waals surface area (Å²) in [5.74, 6) is 0.0596. The van der Waals surface area contributed by atoms with Gasteiger partial charge in [-0.15, -0.1) is 0 Å².